The number of anilines is 2. The standard InChI is InChI=1S/C52H56F2N8O5/c1-55-52(66)60-22-17-35-23-37(25-46(42(35)29-60)61-18-4-5-36-24-40(38-27-56-58(2)28-38)41(49(53)54)26-45(36)61)34-15-20-59(21-16-34)19-14-32-8-10-33(11-9-32)31-67-47-7-3-6-39-43(47)30-62(51(39)65)44-12-13-48(63)57-50(44)64/h3,6-11,23-28,34,44,49H,4-5,12-22,29-31H2,1-2H3,(H,55,66)(H,57,63,64). The third kappa shape index (κ3) is 8.88. The summed E-state index contributed by atoms with van der Waals surface area (Å²) in [6, 6.07) is 21.4. The lowest BCUT2D eigenvalue weighted by Crippen LogP contribution is -2.52. The second kappa shape index (κ2) is 18.6. The number of urea groups is 1. The van der Waals surface area contributed by atoms with Gasteiger partial charge in [-0.05, 0) is 133 Å². The van der Waals surface area contributed by atoms with Gasteiger partial charge in [-0.25, -0.2) is 13.6 Å². The summed E-state index contributed by atoms with van der Waals surface area (Å²) in [6.45, 7) is 5.26. The molecule has 0 bridgehead atoms. The molecule has 1 aromatic heterocycles. The maximum Gasteiger partial charge on any atom is 0.317 e. The predicted octanol–water partition coefficient (Wildman–Crippen LogP) is 7.57. The summed E-state index contributed by atoms with van der Waals surface area (Å²) in [5, 5.41) is 9.41. The average molecular weight is 911 g/mol. The van der Waals surface area contributed by atoms with Crippen molar-refractivity contribution in [2.24, 2.45) is 7.05 Å². The number of rotatable bonds is 11. The fourth-order valence-electron chi connectivity index (χ4n) is 10.8. The minimum Gasteiger partial charge on any atom is -0.489 e. The summed E-state index contributed by atoms with van der Waals surface area (Å²) < 4.78 is 37.6. The molecule has 15 heteroatoms. The second-order valence-corrected chi connectivity index (χ2v) is 18.6. The average Bonchev–Trinajstić information content (AvgIpc) is 3.94. The van der Waals surface area contributed by atoms with Crippen molar-refractivity contribution in [2.45, 2.75) is 89.4 Å². The van der Waals surface area contributed by atoms with E-state index >= 15 is 0 Å². The van der Waals surface area contributed by atoms with Crippen molar-refractivity contribution in [2.75, 3.05) is 44.7 Å². The molecule has 10 rings (SSSR count). The van der Waals surface area contributed by atoms with Crippen LogP contribution < -0.4 is 20.3 Å². The van der Waals surface area contributed by atoms with Crippen molar-refractivity contribution in [1.29, 1.82) is 0 Å². The fraction of sp³-hybridized carbons (Fsp3) is 0.404. The van der Waals surface area contributed by atoms with E-state index in [4.69, 9.17) is 4.74 Å². The molecule has 6 heterocycles. The maximum atomic E-state index is 14.8. The van der Waals surface area contributed by atoms with E-state index in [1.807, 2.05) is 17.0 Å². The number of benzene rings is 4. The highest BCUT2D eigenvalue weighted by Crippen LogP contribution is 2.45. The first-order valence-electron chi connectivity index (χ1n) is 23.5. The van der Waals surface area contributed by atoms with Crippen LogP contribution in [-0.4, -0.2) is 94.0 Å². The van der Waals surface area contributed by atoms with Crippen LogP contribution in [0.4, 0.5) is 25.0 Å². The molecule has 1 atom stereocenters. The number of hydrogen-bond donors (Lipinski definition) is 2. The SMILES string of the molecule is CNC(=O)N1CCc2cc(C3CCN(CCc4ccc(COc5cccc6c5CN(C5CCC(=O)NC5=O)C6=O)cc4)CC3)cc(N3CCCc4cc(-c5cnn(C)c5)c(C(F)F)cc43)c2C1. The van der Waals surface area contributed by atoms with Gasteiger partial charge in [0.1, 0.15) is 18.4 Å². The number of alkyl halides is 2. The van der Waals surface area contributed by atoms with Gasteiger partial charge in [-0.15, -0.1) is 0 Å². The summed E-state index contributed by atoms with van der Waals surface area (Å²) in [5.41, 5.74) is 11.2. The van der Waals surface area contributed by atoms with Gasteiger partial charge in [-0.2, -0.15) is 5.10 Å². The Bertz CT molecular complexity index is 2730. The largest absolute Gasteiger partial charge is 0.489 e. The zero-order valence-corrected chi connectivity index (χ0v) is 38.0. The number of piperidine rings is 2. The highest BCUT2D eigenvalue weighted by molar-refractivity contribution is 6.05. The molecule has 5 aliphatic heterocycles. The van der Waals surface area contributed by atoms with Crippen molar-refractivity contribution in [3.63, 3.8) is 0 Å². The normalized spacial score (nSPS) is 18.8. The number of carbonyl (C=O) groups excluding carboxylic acids is 4. The number of fused-ring (bicyclic) bond motifs is 3. The molecule has 67 heavy (non-hydrogen) atoms. The lowest BCUT2D eigenvalue weighted by Gasteiger charge is -2.39. The van der Waals surface area contributed by atoms with Gasteiger partial charge in [-0.3, -0.25) is 24.4 Å². The molecule has 348 valence electrons. The van der Waals surface area contributed by atoms with Crippen molar-refractivity contribution in [3.05, 3.63) is 129 Å². The van der Waals surface area contributed by atoms with Crippen LogP contribution in [-0.2, 0) is 55.6 Å². The first-order valence-corrected chi connectivity index (χ1v) is 23.5. The third-order valence-corrected chi connectivity index (χ3v) is 14.5. The number of amides is 5. The molecular weight excluding hydrogens is 855 g/mol. The molecule has 13 nitrogen and oxygen atoms in total. The Balaban J connectivity index is 0.792. The molecule has 2 saturated heterocycles. The van der Waals surface area contributed by atoms with Crippen LogP contribution in [0.25, 0.3) is 11.1 Å². The van der Waals surface area contributed by atoms with Crippen molar-refractivity contribution in [1.82, 2.24) is 35.1 Å². The molecule has 5 aliphatic rings. The molecule has 5 aromatic rings. The molecular formula is C52H56F2N8O5. The van der Waals surface area contributed by atoms with Crippen LogP contribution in [0.1, 0.15) is 99.3 Å². The Morgan fingerprint density at radius 1 is 0.866 bits per heavy atom. The van der Waals surface area contributed by atoms with Crippen molar-refractivity contribution >= 4 is 35.1 Å². The Hall–Kier alpha value is -6.61. The molecule has 0 radical (unpaired) electrons. The van der Waals surface area contributed by atoms with Gasteiger partial charge in [0, 0.05) is 86.5 Å². The topological polar surface area (TPSA) is 132 Å². The van der Waals surface area contributed by atoms with Gasteiger partial charge < -0.3 is 29.7 Å². The van der Waals surface area contributed by atoms with Gasteiger partial charge in [-0.1, -0.05) is 36.4 Å². The van der Waals surface area contributed by atoms with Crippen molar-refractivity contribution < 1.29 is 32.7 Å². The Kier molecular flexibility index (Phi) is 12.3. The Morgan fingerprint density at radius 3 is 2.42 bits per heavy atom. The van der Waals surface area contributed by atoms with E-state index in [2.05, 4.69) is 61.9 Å². The lowest BCUT2D eigenvalue weighted by atomic mass is 9.84. The molecule has 5 amide bonds. The third-order valence-electron chi connectivity index (χ3n) is 14.5. The molecule has 1 unspecified atom stereocenters. The number of likely N-dealkylation sites (tertiary alicyclic amines) is 1. The van der Waals surface area contributed by atoms with E-state index in [0.29, 0.717) is 61.0 Å². The van der Waals surface area contributed by atoms with Gasteiger partial charge in [0.15, 0.2) is 0 Å². The molecule has 0 aliphatic carbocycles. The monoisotopic (exact) mass is 910 g/mol. The summed E-state index contributed by atoms with van der Waals surface area (Å²) in [6.07, 6.45) is 6.65. The number of ether oxygens (including phenoxy) is 1. The van der Waals surface area contributed by atoms with Gasteiger partial charge in [0.25, 0.3) is 12.3 Å². The zero-order valence-electron chi connectivity index (χ0n) is 38.0. The van der Waals surface area contributed by atoms with Crippen LogP contribution in [0.3, 0.4) is 0 Å². The number of nitrogens with zero attached hydrogens (tertiary/aromatic N) is 6. The summed E-state index contributed by atoms with van der Waals surface area (Å²) in [5.74, 6) is 0.000700. The van der Waals surface area contributed by atoms with E-state index in [1.54, 1.807) is 49.4 Å². The van der Waals surface area contributed by atoms with Crippen molar-refractivity contribution in [3.8, 4) is 16.9 Å². The first kappa shape index (κ1) is 44.2. The van der Waals surface area contributed by atoms with E-state index in [1.165, 1.54) is 21.6 Å². The molecule has 2 N–H and O–H groups in total. The minimum atomic E-state index is -2.65. The summed E-state index contributed by atoms with van der Waals surface area (Å²) in [4.78, 5) is 58.6. The highest BCUT2D eigenvalue weighted by Gasteiger charge is 2.40. The quantitative estimate of drug-likeness (QED) is 0.130. The van der Waals surface area contributed by atoms with Crippen LogP contribution in [0, 0.1) is 0 Å². The van der Waals surface area contributed by atoms with E-state index < -0.39 is 18.4 Å². The highest BCUT2D eigenvalue weighted by atomic mass is 19.3. The van der Waals surface area contributed by atoms with E-state index in [9.17, 15) is 28.0 Å². The zero-order chi connectivity index (χ0) is 46.3. The second-order valence-electron chi connectivity index (χ2n) is 18.6. The van der Waals surface area contributed by atoms with Gasteiger partial charge >= 0.3 is 6.03 Å². The lowest BCUT2D eigenvalue weighted by molar-refractivity contribution is -0.136. The maximum absolute atomic E-state index is 14.8. The fourth-order valence-corrected chi connectivity index (χ4v) is 10.8. The number of aryl methyl sites for hydroxylation is 2. The molecule has 2 fully saturated rings. The van der Waals surface area contributed by atoms with Crippen LogP contribution in [0.2, 0.25) is 0 Å². The molecule has 0 saturated carbocycles. The number of nitrogens with one attached hydrogen (secondary N) is 2. The van der Waals surface area contributed by atoms with Gasteiger partial charge in [0.2, 0.25) is 11.8 Å². The molecule has 4 aromatic carbocycles. The van der Waals surface area contributed by atoms with Crippen LogP contribution in [0.5, 0.6) is 5.75 Å². The van der Waals surface area contributed by atoms with E-state index in [-0.39, 0.29) is 36.4 Å². The first-order chi connectivity index (χ1) is 32.5. The minimum absolute atomic E-state index is 0.00119. The number of imide groups is 1. The van der Waals surface area contributed by atoms with Crippen LogP contribution >= 0.6 is 0 Å². The Morgan fingerprint density at radius 2 is 1.67 bits per heavy atom. The Labute approximate surface area is 389 Å². The number of carbonyl (C=O) groups is 4. The summed E-state index contributed by atoms with van der Waals surface area (Å²) >= 11 is 0. The van der Waals surface area contributed by atoms with E-state index in [0.717, 1.165) is 91.8 Å². The number of halogens is 2. The number of aromatic nitrogens is 2. The smallest absolute Gasteiger partial charge is 0.317 e. The number of hydrogen-bond acceptors (Lipinski definition) is 8. The van der Waals surface area contributed by atoms with Gasteiger partial charge in [0.05, 0.1) is 12.7 Å². The molecule has 0 spiro atoms. The van der Waals surface area contributed by atoms with Crippen LogP contribution in [0.15, 0.2) is 79.1 Å². The summed E-state index contributed by atoms with van der Waals surface area (Å²) in [7, 11) is 3.44. The predicted molar refractivity (Wildman–Crippen MR) is 249 cm³/mol.